The van der Waals surface area contributed by atoms with Crippen molar-refractivity contribution in [3.8, 4) is 0 Å². The number of alkyl halides is 1. The second-order valence-corrected chi connectivity index (χ2v) is 4.48. The molecule has 11 heavy (non-hydrogen) atoms. The molecule has 2 heteroatoms. The molecule has 1 aliphatic rings. The van der Waals surface area contributed by atoms with Gasteiger partial charge >= 0.3 is 0 Å². The number of nitrogens with zero attached hydrogens (tertiary/aromatic N) is 1. The molecule has 1 aliphatic heterocycles. The number of rotatable bonds is 0. The minimum absolute atomic E-state index is 0.210. The van der Waals surface area contributed by atoms with E-state index in [9.17, 15) is 0 Å². The van der Waals surface area contributed by atoms with Crippen LogP contribution in [0.3, 0.4) is 0 Å². The molecule has 0 aliphatic carbocycles. The largest absolute Gasteiger partial charge is 0.372 e. The molecule has 1 heterocycles. The van der Waals surface area contributed by atoms with Crippen LogP contribution in [-0.2, 0) is 0 Å². The normalized spacial score (nSPS) is 33.4. The maximum Gasteiger partial charge on any atom is 0.0471 e. The minimum Gasteiger partial charge on any atom is -0.372 e. The van der Waals surface area contributed by atoms with E-state index in [0.29, 0.717) is 4.83 Å². The SMILES string of the molecule is C/C=C1/[CH]C(Br)C(C)(C)N1C. The van der Waals surface area contributed by atoms with Crippen molar-refractivity contribution in [1.29, 1.82) is 0 Å². The fraction of sp³-hybridized carbons (Fsp3) is 0.667. The first-order valence-electron chi connectivity index (χ1n) is 3.89. The quantitative estimate of drug-likeness (QED) is 0.563. The van der Waals surface area contributed by atoms with Crippen molar-refractivity contribution >= 4 is 15.9 Å². The highest BCUT2D eigenvalue weighted by molar-refractivity contribution is 9.09. The molecule has 1 nitrogen and oxygen atoms in total. The number of allylic oxidation sites excluding steroid dienone is 2. The van der Waals surface area contributed by atoms with Gasteiger partial charge in [-0.05, 0) is 20.8 Å². The third-order valence-corrected chi connectivity index (χ3v) is 3.92. The molecule has 0 bridgehead atoms. The maximum atomic E-state index is 3.64. The van der Waals surface area contributed by atoms with Crippen molar-refractivity contribution in [2.45, 2.75) is 31.1 Å². The molecule has 1 rings (SSSR count). The van der Waals surface area contributed by atoms with Crippen LogP contribution in [0.2, 0.25) is 0 Å². The molecule has 0 spiro atoms. The smallest absolute Gasteiger partial charge is 0.0471 e. The van der Waals surface area contributed by atoms with Crippen molar-refractivity contribution in [2.24, 2.45) is 0 Å². The van der Waals surface area contributed by atoms with Gasteiger partial charge in [-0.3, -0.25) is 0 Å². The zero-order valence-electron chi connectivity index (χ0n) is 7.56. The topological polar surface area (TPSA) is 3.24 Å². The molecular weight excluding hydrogens is 202 g/mol. The highest BCUT2D eigenvalue weighted by atomic mass is 79.9. The highest BCUT2D eigenvalue weighted by Crippen LogP contribution is 2.38. The van der Waals surface area contributed by atoms with E-state index in [-0.39, 0.29) is 5.54 Å². The maximum absolute atomic E-state index is 3.64. The first-order chi connectivity index (χ1) is 5.00. The molecule has 0 saturated carbocycles. The summed E-state index contributed by atoms with van der Waals surface area (Å²) in [4.78, 5) is 2.76. The third kappa shape index (κ3) is 1.33. The fourth-order valence-electron chi connectivity index (χ4n) is 1.27. The Kier molecular flexibility index (Phi) is 2.33. The standard InChI is InChI=1S/C9H15BrN/c1-5-7-6-8(10)9(2,3)11(7)4/h5-6,8H,1-4H3/b7-5-. The Bertz CT molecular complexity index is 184. The van der Waals surface area contributed by atoms with E-state index >= 15 is 0 Å². The van der Waals surface area contributed by atoms with Crippen molar-refractivity contribution in [2.75, 3.05) is 7.05 Å². The lowest BCUT2D eigenvalue weighted by molar-refractivity contribution is 0.256. The molecule has 0 amide bonds. The van der Waals surface area contributed by atoms with Crippen molar-refractivity contribution in [1.82, 2.24) is 4.90 Å². The predicted molar refractivity (Wildman–Crippen MR) is 52.6 cm³/mol. The van der Waals surface area contributed by atoms with Gasteiger partial charge in [0.15, 0.2) is 0 Å². The van der Waals surface area contributed by atoms with Gasteiger partial charge in [0.1, 0.15) is 0 Å². The number of halogens is 1. The summed E-state index contributed by atoms with van der Waals surface area (Å²) in [5.41, 5.74) is 1.53. The second-order valence-electron chi connectivity index (χ2n) is 3.49. The summed E-state index contributed by atoms with van der Waals surface area (Å²) in [6.45, 7) is 6.54. The van der Waals surface area contributed by atoms with E-state index in [1.165, 1.54) is 5.70 Å². The van der Waals surface area contributed by atoms with Gasteiger partial charge in [0.05, 0.1) is 0 Å². The summed E-state index contributed by atoms with van der Waals surface area (Å²) >= 11 is 3.64. The Balaban J connectivity index is 2.89. The Morgan fingerprint density at radius 2 is 2.18 bits per heavy atom. The van der Waals surface area contributed by atoms with E-state index < -0.39 is 0 Å². The van der Waals surface area contributed by atoms with E-state index in [1.807, 2.05) is 0 Å². The minimum atomic E-state index is 0.210. The van der Waals surface area contributed by atoms with Crippen LogP contribution in [0.25, 0.3) is 0 Å². The Hall–Kier alpha value is 0.0200. The average Bonchev–Trinajstić information content (AvgIpc) is 2.14. The number of hydrogen-bond acceptors (Lipinski definition) is 1. The zero-order valence-corrected chi connectivity index (χ0v) is 9.14. The summed E-state index contributed by atoms with van der Waals surface area (Å²) in [5, 5.41) is 0. The first kappa shape index (κ1) is 9.11. The molecule has 0 N–H and O–H groups in total. The molecule has 0 aromatic rings. The van der Waals surface area contributed by atoms with Gasteiger partial charge in [-0.1, -0.05) is 22.0 Å². The molecule has 1 radical (unpaired) electrons. The molecule has 1 unspecified atom stereocenters. The van der Waals surface area contributed by atoms with E-state index in [1.54, 1.807) is 0 Å². The van der Waals surface area contributed by atoms with Gasteiger partial charge < -0.3 is 4.90 Å². The summed E-state index contributed by atoms with van der Waals surface area (Å²) in [6, 6.07) is 0. The Labute approximate surface area is 77.6 Å². The van der Waals surface area contributed by atoms with Crippen molar-refractivity contribution in [3.05, 3.63) is 18.2 Å². The average molecular weight is 217 g/mol. The van der Waals surface area contributed by atoms with Gasteiger partial charge in [-0.15, -0.1) is 0 Å². The van der Waals surface area contributed by atoms with Crippen LogP contribution in [0.15, 0.2) is 11.8 Å². The number of hydrogen-bond donors (Lipinski definition) is 0. The van der Waals surface area contributed by atoms with Crippen LogP contribution in [0.5, 0.6) is 0 Å². The summed E-state index contributed by atoms with van der Waals surface area (Å²) in [5.74, 6) is 0. The van der Waals surface area contributed by atoms with E-state index in [4.69, 9.17) is 0 Å². The first-order valence-corrected chi connectivity index (χ1v) is 4.81. The fourth-order valence-corrected chi connectivity index (χ4v) is 1.85. The molecular formula is C9H15BrN. The summed E-state index contributed by atoms with van der Waals surface area (Å²) in [7, 11) is 2.13. The van der Waals surface area contributed by atoms with Crippen LogP contribution in [0.1, 0.15) is 20.8 Å². The Morgan fingerprint density at radius 1 is 1.64 bits per heavy atom. The molecule has 0 aromatic carbocycles. The van der Waals surface area contributed by atoms with Crippen molar-refractivity contribution in [3.63, 3.8) is 0 Å². The molecule has 0 aromatic heterocycles. The van der Waals surface area contributed by atoms with Gasteiger partial charge in [0, 0.05) is 29.5 Å². The van der Waals surface area contributed by atoms with Crippen LogP contribution in [0.4, 0.5) is 0 Å². The monoisotopic (exact) mass is 216 g/mol. The summed E-state index contributed by atoms with van der Waals surface area (Å²) < 4.78 is 0. The van der Waals surface area contributed by atoms with Crippen LogP contribution in [0, 0.1) is 6.42 Å². The molecule has 1 atom stereocenters. The van der Waals surface area contributed by atoms with E-state index in [2.05, 4.69) is 61.1 Å². The number of likely N-dealkylation sites (tertiary alicyclic amines) is 1. The third-order valence-electron chi connectivity index (χ3n) is 2.54. The van der Waals surface area contributed by atoms with Crippen LogP contribution >= 0.6 is 15.9 Å². The van der Waals surface area contributed by atoms with Crippen LogP contribution in [-0.4, -0.2) is 22.3 Å². The predicted octanol–water partition coefficient (Wildman–Crippen LogP) is 2.58. The molecule has 1 fully saturated rings. The highest BCUT2D eigenvalue weighted by Gasteiger charge is 2.39. The lowest BCUT2D eigenvalue weighted by atomic mass is 10.0. The molecule has 1 saturated heterocycles. The van der Waals surface area contributed by atoms with Crippen molar-refractivity contribution < 1.29 is 0 Å². The lowest BCUT2D eigenvalue weighted by Crippen LogP contribution is -2.39. The second kappa shape index (κ2) is 2.81. The van der Waals surface area contributed by atoms with Gasteiger partial charge in [-0.25, -0.2) is 0 Å². The van der Waals surface area contributed by atoms with Gasteiger partial charge in [0.2, 0.25) is 0 Å². The summed E-state index contributed by atoms with van der Waals surface area (Å²) in [6.07, 6.45) is 4.39. The molecule has 63 valence electrons. The van der Waals surface area contributed by atoms with Gasteiger partial charge in [-0.2, -0.15) is 0 Å². The Morgan fingerprint density at radius 3 is 2.36 bits per heavy atom. The van der Waals surface area contributed by atoms with Crippen LogP contribution < -0.4 is 0 Å². The zero-order chi connectivity index (χ0) is 8.65. The van der Waals surface area contributed by atoms with E-state index in [0.717, 1.165) is 0 Å². The lowest BCUT2D eigenvalue weighted by Gasteiger charge is -2.32. The van der Waals surface area contributed by atoms with Gasteiger partial charge in [0.25, 0.3) is 0 Å².